The average molecular weight is 377 g/mol. The molecule has 1 aliphatic heterocycles. The number of nitrogens with two attached hydrogens (primary N) is 1. The van der Waals surface area contributed by atoms with E-state index in [2.05, 4.69) is 25.6 Å². The van der Waals surface area contributed by atoms with Gasteiger partial charge in [0.05, 0.1) is 5.54 Å². The van der Waals surface area contributed by atoms with Crippen LogP contribution in [0, 0.1) is 0 Å². The quantitative estimate of drug-likeness (QED) is 0.167. The van der Waals surface area contributed by atoms with Gasteiger partial charge in [-0.25, -0.2) is 9.19 Å². The number of nitrogens with zero attached hydrogens (tertiary/aromatic N) is 3. The van der Waals surface area contributed by atoms with Gasteiger partial charge in [0.25, 0.3) is 11.8 Å². The molecule has 1 saturated heterocycles. The summed E-state index contributed by atoms with van der Waals surface area (Å²) < 4.78 is 24.8. The summed E-state index contributed by atoms with van der Waals surface area (Å²) >= 11 is 1.04. The molecule has 5 N–H and O–H groups in total. The van der Waals surface area contributed by atoms with E-state index in [-0.39, 0.29) is 10.8 Å². The first kappa shape index (κ1) is 18.1. The molecule has 2 unspecified atom stereocenters. The molecule has 2 amide bonds. The Kier molecular flexibility index (Phi) is 4.54. The van der Waals surface area contributed by atoms with Crippen molar-refractivity contribution in [3.63, 3.8) is 0 Å². The van der Waals surface area contributed by atoms with Crippen LogP contribution >= 0.6 is 11.3 Å². The zero-order chi connectivity index (χ0) is 18.3. The lowest BCUT2D eigenvalue weighted by Gasteiger charge is -2.51. The van der Waals surface area contributed by atoms with Gasteiger partial charge in [-0.1, -0.05) is 5.16 Å². The molecule has 1 aliphatic rings. The van der Waals surface area contributed by atoms with Gasteiger partial charge in [0.2, 0.25) is 10.1 Å². The van der Waals surface area contributed by atoms with Crippen molar-refractivity contribution in [2.75, 3.05) is 5.73 Å². The van der Waals surface area contributed by atoms with Crippen molar-refractivity contribution >= 4 is 49.9 Å². The number of nitrogens with one attached hydrogen (secondary N) is 1. The molecule has 13 heteroatoms. The van der Waals surface area contributed by atoms with E-state index < -0.39 is 39.2 Å². The Balaban J connectivity index is 2.14. The summed E-state index contributed by atoms with van der Waals surface area (Å²) in [5, 5.41) is 16.5. The van der Waals surface area contributed by atoms with E-state index in [0.29, 0.717) is 5.06 Å². The van der Waals surface area contributed by atoms with Crippen molar-refractivity contribution in [1.82, 2.24) is 15.4 Å². The number of carbonyl (C=O) groups excluding carboxylic acids is 2. The van der Waals surface area contributed by atoms with Crippen LogP contribution in [0.2, 0.25) is 0 Å². The van der Waals surface area contributed by atoms with Crippen molar-refractivity contribution in [3.8, 4) is 0 Å². The van der Waals surface area contributed by atoms with E-state index in [9.17, 15) is 13.8 Å². The monoisotopic (exact) mass is 377 g/mol. The van der Waals surface area contributed by atoms with E-state index in [1.807, 2.05) is 0 Å². The van der Waals surface area contributed by atoms with Crippen LogP contribution in [0.5, 0.6) is 0 Å². The minimum absolute atomic E-state index is 0.0475. The third-order valence-corrected chi connectivity index (χ3v) is 4.28. The maximum atomic E-state index is 12.2. The summed E-state index contributed by atoms with van der Waals surface area (Å²) in [6, 6.07) is -1.07. The van der Waals surface area contributed by atoms with Crippen molar-refractivity contribution in [2.45, 2.75) is 25.4 Å². The number of nitrogen functional groups attached to an aromatic ring is 1. The number of amides is 2. The molecular formula is C11H15N5O6S2. The van der Waals surface area contributed by atoms with Crippen molar-refractivity contribution < 1.29 is 27.8 Å². The molecule has 1 aromatic rings. The Hall–Kier alpha value is -2.22. The van der Waals surface area contributed by atoms with Gasteiger partial charge < -0.3 is 16.3 Å². The van der Waals surface area contributed by atoms with Gasteiger partial charge in [-0.3, -0.25) is 14.1 Å². The predicted molar refractivity (Wildman–Crippen MR) is 86.7 cm³/mol. The lowest BCUT2D eigenvalue weighted by Crippen LogP contribution is -2.76. The van der Waals surface area contributed by atoms with Crippen LogP contribution in [0.25, 0.3) is 0 Å². The number of hydrogen-bond donors (Lipinski definition) is 4. The number of oxime groups is 1. The summed E-state index contributed by atoms with van der Waals surface area (Å²) in [5.74, 6) is 1.25. The van der Waals surface area contributed by atoms with Gasteiger partial charge in [0, 0.05) is 11.3 Å². The van der Waals surface area contributed by atoms with Crippen molar-refractivity contribution in [2.24, 2.45) is 5.16 Å². The second kappa shape index (κ2) is 6.01. The molecule has 0 saturated carbocycles. The minimum atomic E-state index is -3.90. The summed E-state index contributed by atoms with van der Waals surface area (Å²) in [4.78, 5) is 28.1. The second-order valence-electron chi connectivity index (χ2n) is 5.37. The number of hydrogen-bond acceptors (Lipinski definition) is 9. The minimum Gasteiger partial charge on any atom is -0.410 e. The van der Waals surface area contributed by atoms with Gasteiger partial charge >= 0.3 is 0 Å². The highest BCUT2D eigenvalue weighted by Crippen LogP contribution is 2.32. The number of aromatic nitrogens is 1. The molecular weight excluding hydrogens is 362 g/mol. The highest BCUT2D eigenvalue weighted by atomic mass is 32.2. The van der Waals surface area contributed by atoms with Crippen LogP contribution in [0.4, 0.5) is 5.13 Å². The SMILES string of the molecule is C=S(=O)(O)ON1C(=O)C(NC(=O)/C(=N\O)c2csc(N)n2)C1(C)C. The number of β-lactam (4-membered cyclic amide) rings is 1. The molecule has 0 spiro atoms. The Bertz CT molecular complexity index is 815. The van der Waals surface area contributed by atoms with E-state index in [1.54, 1.807) is 0 Å². The normalized spacial score (nSPS) is 22.6. The summed E-state index contributed by atoms with van der Waals surface area (Å²) in [6.45, 7) is 3.00. The lowest BCUT2D eigenvalue weighted by atomic mass is 9.84. The van der Waals surface area contributed by atoms with Crippen LogP contribution < -0.4 is 11.1 Å². The summed E-state index contributed by atoms with van der Waals surface area (Å²) in [6.07, 6.45) is 0. The molecule has 132 valence electrons. The Morgan fingerprint density at radius 3 is 2.71 bits per heavy atom. The average Bonchev–Trinajstić information content (AvgIpc) is 2.88. The van der Waals surface area contributed by atoms with Gasteiger partial charge in [-0.05, 0) is 13.8 Å². The topological polar surface area (TPSA) is 167 Å². The maximum Gasteiger partial charge on any atom is 0.276 e. The molecule has 0 aromatic carbocycles. The second-order valence-corrected chi connectivity index (χ2v) is 7.57. The largest absolute Gasteiger partial charge is 0.410 e. The first-order valence-electron chi connectivity index (χ1n) is 6.35. The first-order chi connectivity index (χ1) is 11.0. The van der Waals surface area contributed by atoms with E-state index >= 15 is 0 Å². The molecule has 1 aromatic heterocycles. The van der Waals surface area contributed by atoms with Crippen LogP contribution in [0.3, 0.4) is 0 Å². The highest BCUT2D eigenvalue weighted by Gasteiger charge is 2.57. The van der Waals surface area contributed by atoms with E-state index in [0.717, 1.165) is 11.3 Å². The fraction of sp³-hybridized carbons (Fsp3) is 0.364. The predicted octanol–water partition coefficient (Wildman–Crippen LogP) is -0.955. The smallest absolute Gasteiger partial charge is 0.276 e. The molecule has 2 heterocycles. The van der Waals surface area contributed by atoms with Gasteiger partial charge in [-0.15, -0.1) is 11.3 Å². The van der Waals surface area contributed by atoms with E-state index in [4.69, 9.17) is 15.5 Å². The fourth-order valence-electron chi connectivity index (χ4n) is 2.05. The van der Waals surface area contributed by atoms with Gasteiger partial charge in [0.15, 0.2) is 10.8 Å². The maximum absolute atomic E-state index is 12.2. The third-order valence-electron chi connectivity index (χ3n) is 3.22. The Morgan fingerprint density at radius 2 is 2.29 bits per heavy atom. The van der Waals surface area contributed by atoms with Gasteiger partial charge in [-0.2, -0.15) is 9.35 Å². The fourth-order valence-corrected chi connectivity index (χ4v) is 3.10. The zero-order valence-electron chi connectivity index (χ0n) is 12.6. The number of carbonyl (C=O) groups is 2. The van der Waals surface area contributed by atoms with E-state index in [1.165, 1.54) is 19.2 Å². The lowest BCUT2D eigenvalue weighted by molar-refractivity contribution is -0.216. The van der Waals surface area contributed by atoms with Crippen LogP contribution in [0.15, 0.2) is 10.5 Å². The highest BCUT2D eigenvalue weighted by molar-refractivity contribution is 7.90. The standard InChI is InChI=1S/C11H15N5O6S2/c1-11(2)7(9(18)16(11)22-24(3,20)21)14-8(17)6(15-19)5-4-23-10(12)13-5/h4,7,19H,3H2,1-2H3,(H2,12,13)(H,14,17)(H,20,21)/b15-6-. The summed E-state index contributed by atoms with van der Waals surface area (Å²) in [5.41, 5.74) is 3.95. The number of thiazole rings is 1. The van der Waals surface area contributed by atoms with Crippen molar-refractivity contribution in [3.05, 3.63) is 11.1 Å². The number of rotatable bonds is 5. The van der Waals surface area contributed by atoms with Crippen LogP contribution in [-0.2, 0) is 24.0 Å². The molecule has 0 bridgehead atoms. The molecule has 2 atom stereocenters. The molecule has 0 aliphatic carbocycles. The Labute approximate surface area is 141 Å². The van der Waals surface area contributed by atoms with Gasteiger partial charge in [0.1, 0.15) is 11.7 Å². The van der Waals surface area contributed by atoms with Crippen molar-refractivity contribution in [1.29, 1.82) is 0 Å². The molecule has 1 fully saturated rings. The first-order valence-corrected chi connectivity index (χ1v) is 8.84. The molecule has 11 nitrogen and oxygen atoms in total. The zero-order valence-corrected chi connectivity index (χ0v) is 14.3. The Morgan fingerprint density at radius 1 is 1.67 bits per heavy atom. The van der Waals surface area contributed by atoms with Crippen LogP contribution in [-0.4, -0.2) is 59.0 Å². The molecule has 24 heavy (non-hydrogen) atoms. The number of anilines is 1. The molecule has 0 radical (unpaired) electrons. The number of hydroxylamine groups is 2. The van der Waals surface area contributed by atoms with Crippen LogP contribution in [0.1, 0.15) is 19.5 Å². The summed E-state index contributed by atoms with van der Waals surface area (Å²) in [7, 11) is -3.90. The third kappa shape index (κ3) is 3.33. The molecule has 2 rings (SSSR count).